The molecule has 6 aromatic carbocycles. The molecule has 0 aliphatic heterocycles. The molecular weight excluding hydrogens is 552 g/mol. The maximum Gasteiger partial charge on any atom is 0.163 e. The van der Waals surface area contributed by atoms with Gasteiger partial charge in [-0.15, -0.1) is 0 Å². The minimum atomic E-state index is 0.504. The molecule has 3 aromatic heterocycles. The molecule has 0 amide bonds. The summed E-state index contributed by atoms with van der Waals surface area (Å²) < 4.78 is 9.17. The summed E-state index contributed by atoms with van der Waals surface area (Å²) in [7, 11) is 0. The number of furan rings is 1. The summed E-state index contributed by atoms with van der Waals surface area (Å²) in [6.07, 6.45) is 0.504. The highest BCUT2D eigenvalue weighted by Crippen LogP contribution is 2.39. The lowest BCUT2D eigenvalue weighted by molar-refractivity contribution is 0.660. The molecule has 0 bridgehead atoms. The fraction of sp³-hybridized carbons (Fsp3) is 0.0250. The van der Waals surface area contributed by atoms with Gasteiger partial charge in [-0.3, -0.25) is 0 Å². The van der Waals surface area contributed by atoms with E-state index in [2.05, 4.69) is 89.5 Å². The van der Waals surface area contributed by atoms with Crippen LogP contribution in [0.15, 0.2) is 150 Å². The van der Waals surface area contributed by atoms with Crippen molar-refractivity contribution < 1.29 is 4.42 Å². The molecule has 9 aromatic rings. The van der Waals surface area contributed by atoms with E-state index in [-0.39, 0.29) is 0 Å². The van der Waals surface area contributed by atoms with Crippen LogP contribution < -0.4 is 0 Å². The number of hydrogen-bond acceptors (Lipinski definition) is 4. The predicted octanol–water partition coefficient (Wildman–Crippen LogP) is 9.79. The van der Waals surface area contributed by atoms with Crippen LogP contribution in [0.1, 0.15) is 11.4 Å². The van der Waals surface area contributed by atoms with Crippen molar-refractivity contribution in [1.82, 2.24) is 19.5 Å². The quantitative estimate of drug-likeness (QED) is 0.204. The summed E-state index contributed by atoms with van der Waals surface area (Å²) in [5.74, 6) is 2.01. The van der Waals surface area contributed by atoms with Crippen molar-refractivity contribution in [1.29, 1.82) is 0 Å². The highest BCUT2D eigenvalue weighted by atomic mass is 16.3. The van der Waals surface area contributed by atoms with Gasteiger partial charge < -0.3 is 8.98 Å². The normalized spacial score (nSPS) is 11.6. The average Bonchev–Trinajstić information content (AvgIpc) is 3.66. The lowest BCUT2D eigenvalue weighted by atomic mass is 10.1. The average molecular weight is 579 g/mol. The van der Waals surface area contributed by atoms with Crippen LogP contribution in [0.2, 0.25) is 0 Å². The lowest BCUT2D eigenvalue weighted by Crippen LogP contribution is -2.04. The maximum absolute atomic E-state index is 6.85. The molecule has 9 rings (SSSR count). The van der Waals surface area contributed by atoms with Crippen LogP contribution in [0.25, 0.3) is 72.2 Å². The third kappa shape index (κ3) is 4.20. The van der Waals surface area contributed by atoms with E-state index in [1.54, 1.807) is 0 Å². The Morgan fingerprint density at radius 3 is 1.58 bits per heavy atom. The Labute approximate surface area is 259 Å². The van der Waals surface area contributed by atoms with E-state index in [1.807, 2.05) is 60.7 Å². The number of aromatic nitrogens is 4. The molecule has 0 saturated carbocycles. The first kappa shape index (κ1) is 25.4. The monoisotopic (exact) mass is 578 g/mol. The summed E-state index contributed by atoms with van der Waals surface area (Å²) >= 11 is 0. The third-order valence-corrected chi connectivity index (χ3v) is 8.50. The van der Waals surface area contributed by atoms with Gasteiger partial charge in [-0.05, 0) is 18.2 Å². The summed E-state index contributed by atoms with van der Waals surface area (Å²) in [5.41, 5.74) is 7.97. The molecule has 0 atom stereocenters. The Morgan fingerprint density at radius 2 is 0.956 bits per heavy atom. The van der Waals surface area contributed by atoms with E-state index in [1.165, 1.54) is 10.8 Å². The molecule has 0 radical (unpaired) electrons. The van der Waals surface area contributed by atoms with Gasteiger partial charge in [-0.2, -0.15) is 0 Å². The van der Waals surface area contributed by atoms with Gasteiger partial charge in [-0.1, -0.05) is 127 Å². The first-order valence-electron chi connectivity index (χ1n) is 15.1. The number of hydrogen-bond donors (Lipinski definition) is 0. The minimum Gasteiger partial charge on any atom is -0.454 e. The number of para-hydroxylation sites is 4. The first-order chi connectivity index (χ1) is 22.3. The standard InChI is InChI=1S/C40H26N4O/c1-3-13-26(14-4-1)39-41-36(42-40(43-39)27-15-5-2-6-16-27)25-28-17-11-20-31-32-21-12-24-35(38(32)45-37(28)31)44-33-22-9-7-18-29(33)30-19-8-10-23-34(30)44/h1-24H,25H2. The Kier molecular flexibility index (Phi) is 5.81. The summed E-state index contributed by atoms with van der Waals surface area (Å²) in [5, 5.41) is 4.60. The molecule has 45 heavy (non-hydrogen) atoms. The zero-order valence-corrected chi connectivity index (χ0v) is 24.3. The van der Waals surface area contributed by atoms with E-state index in [0.717, 1.165) is 55.3 Å². The second kappa shape index (κ2) is 10.3. The van der Waals surface area contributed by atoms with Crippen LogP contribution in [0, 0.1) is 0 Å². The summed E-state index contributed by atoms with van der Waals surface area (Å²) in [4.78, 5) is 14.7. The Balaban J connectivity index is 1.22. The van der Waals surface area contributed by atoms with Crippen LogP contribution >= 0.6 is 0 Å². The Hall–Kier alpha value is -6.07. The van der Waals surface area contributed by atoms with E-state index in [0.29, 0.717) is 23.9 Å². The third-order valence-electron chi connectivity index (χ3n) is 8.50. The molecule has 212 valence electrons. The number of nitrogens with zero attached hydrogens (tertiary/aromatic N) is 4. The molecule has 0 spiro atoms. The van der Waals surface area contributed by atoms with E-state index in [4.69, 9.17) is 19.4 Å². The molecule has 0 aliphatic rings. The molecule has 0 saturated heterocycles. The van der Waals surface area contributed by atoms with Gasteiger partial charge >= 0.3 is 0 Å². The number of benzene rings is 6. The van der Waals surface area contributed by atoms with Gasteiger partial charge in [0.1, 0.15) is 11.4 Å². The first-order valence-corrected chi connectivity index (χ1v) is 15.1. The zero-order chi connectivity index (χ0) is 29.7. The maximum atomic E-state index is 6.85. The molecular formula is C40H26N4O. The lowest BCUT2D eigenvalue weighted by Gasteiger charge is -2.09. The molecule has 5 nitrogen and oxygen atoms in total. The molecule has 0 fully saturated rings. The molecule has 0 unspecified atom stereocenters. The predicted molar refractivity (Wildman–Crippen MR) is 182 cm³/mol. The van der Waals surface area contributed by atoms with Crippen LogP contribution in [0.3, 0.4) is 0 Å². The topological polar surface area (TPSA) is 56.7 Å². The minimum absolute atomic E-state index is 0.504. The number of fused-ring (bicyclic) bond motifs is 6. The fourth-order valence-corrected chi connectivity index (χ4v) is 6.46. The fourth-order valence-electron chi connectivity index (χ4n) is 6.46. The largest absolute Gasteiger partial charge is 0.454 e. The molecule has 0 aliphatic carbocycles. The SMILES string of the molecule is c1ccc(-c2nc(Cc3cccc4c3oc3c(-n5c6ccccc6c6ccccc65)cccc34)nc(-c3ccccc3)n2)cc1. The van der Waals surface area contributed by atoms with E-state index >= 15 is 0 Å². The van der Waals surface area contributed by atoms with Gasteiger partial charge in [0.15, 0.2) is 17.2 Å². The second-order valence-electron chi connectivity index (χ2n) is 11.2. The van der Waals surface area contributed by atoms with E-state index < -0.39 is 0 Å². The van der Waals surface area contributed by atoms with Crippen LogP contribution in [0.4, 0.5) is 0 Å². The molecule has 0 N–H and O–H groups in total. The number of rotatable bonds is 5. The zero-order valence-electron chi connectivity index (χ0n) is 24.3. The van der Waals surface area contributed by atoms with Crippen molar-refractivity contribution in [3.8, 4) is 28.5 Å². The highest BCUT2D eigenvalue weighted by Gasteiger charge is 2.19. The second-order valence-corrected chi connectivity index (χ2v) is 11.2. The van der Waals surface area contributed by atoms with E-state index in [9.17, 15) is 0 Å². The van der Waals surface area contributed by atoms with Gasteiger partial charge in [-0.25, -0.2) is 15.0 Å². The van der Waals surface area contributed by atoms with Crippen molar-refractivity contribution in [3.05, 3.63) is 157 Å². The van der Waals surface area contributed by atoms with Gasteiger partial charge in [0.25, 0.3) is 0 Å². The van der Waals surface area contributed by atoms with Crippen molar-refractivity contribution in [2.24, 2.45) is 0 Å². The van der Waals surface area contributed by atoms with Crippen molar-refractivity contribution in [2.75, 3.05) is 0 Å². The summed E-state index contributed by atoms with van der Waals surface area (Å²) in [6, 6.07) is 50.0. The van der Waals surface area contributed by atoms with Crippen LogP contribution in [-0.4, -0.2) is 19.5 Å². The highest BCUT2D eigenvalue weighted by molar-refractivity contribution is 6.13. The smallest absolute Gasteiger partial charge is 0.163 e. The van der Waals surface area contributed by atoms with Crippen molar-refractivity contribution in [2.45, 2.75) is 6.42 Å². The van der Waals surface area contributed by atoms with Crippen LogP contribution in [-0.2, 0) is 6.42 Å². The molecule has 3 heterocycles. The van der Waals surface area contributed by atoms with Gasteiger partial charge in [0.2, 0.25) is 0 Å². The van der Waals surface area contributed by atoms with Crippen molar-refractivity contribution in [3.63, 3.8) is 0 Å². The van der Waals surface area contributed by atoms with Gasteiger partial charge in [0, 0.05) is 44.7 Å². The van der Waals surface area contributed by atoms with Gasteiger partial charge in [0.05, 0.1) is 16.7 Å². The molecule has 5 heteroatoms. The summed E-state index contributed by atoms with van der Waals surface area (Å²) in [6.45, 7) is 0. The Morgan fingerprint density at radius 1 is 0.444 bits per heavy atom. The van der Waals surface area contributed by atoms with Crippen LogP contribution in [0.5, 0.6) is 0 Å². The van der Waals surface area contributed by atoms with Crippen molar-refractivity contribution >= 4 is 43.7 Å². The Bertz CT molecular complexity index is 2400.